The fourth-order valence-electron chi connectivity index (χ4n) is 2.02. The molecular formula is C12H25NO2. The van der Waals surface area contributed by atoms with Crippen LogP contribution in [-0.2, 0) is 4.74 Å². The van der Waals surface area contributed by atoms with Gasteiger partial charge in [-0.3, -0.25) is 0 Å². The van der Waals surface area contributed by atoms with E-state index in [4.69, 9.17) is 4.74 Å². The van der Waals surface area contributed by atoms with Crippen molar-refractivity contribution in [2.45, 2.75) is 70.8 Å². The lowest BCUT2D eigenvalue weighted by molar-refractivity contribution is -0.0236. The molecule has 0 aromatic carbocycles. The van der Waals surface area contributed by atoms with E-state index in [0.717, 1.165) is 19.3 Å². The van der Waals surface area contributed by atoms with E-state index in [9.17, 15) is 5.11 Å². The lowest BCUT2D eigenvalue weighted by Crippen LogP contribution is -2.42. The summed E-state index contributed by atoms with van der Waals surface area (Å²) in [6, 6.07) is 0.417. The summed E-state index contributed by atoms with van der Waals surface area (Å²) in [5.41, 5.74) is -0.654. The Labute approximate surface area is 93.2 Å². The van der Waals surface area contributed by atoms with Crippen LogP contribution in [0, 0.1) is 0 Å². The van der Waals surface area contributed by atoms with Crippen LogP contribution in [0.1, 0.15) is 47.0 Å². The van der Waals surface area contributed by atoms with Gasteiger partial charge in [0.25, 0.3) is 0 Å². The Morgan fingerprint density at radius 2 is 2.13 bits per heavy atom. The molecule has 2 N–H and O–H groups in total. The number of hydrogen-bond donors (Lipinski definition) is 2. The minimum absolute atomic E-state index is 0.240. The van der Waals surface area contributed by atoms with E-state index in [1.54, 1.807) is 0 Å². The van der Waals surface area contributed by atoms with Crippen molar-refractivity contribution in [2.24, 2.45) is 0 Å². The van der Waals surface area contributed by atoms with Crippen LogP contribution in [0.2, 0.25) is 0 Å². The average Bonchev–Trinajstić information content (AvgIpc) is 2.47. The van der Waals surface area contributed by atoms with Gasteiger partial charge in [-0.15, -0.1) is 0 Å². The second kappa shape index (κ2) is 5.28. The summed E-state index contributed by atoms with van der Waals surface area (Å²) >= 11 is 0. The maximum atomic E-state index is 10.2. The molecule has 1 rings (SSSR count). The van der Waals surface area contributed by atoms with Gasteiger partial charge >= 0.3 is 0 Å². The smallest absolute Gasteiger partial charge is 0.0768 e. The monoisotopic (exact) mass is 215 g/mol. The van der Waals surface area contributed by atoms with Gasteiger partial charge in [-0.25, -0.2) is 0 Å². The summed E-state index contributed by atoms with van der Waals surface area (Å²) in [6.07, 6.45) is 3.54. The molecular weight excluding hydrogens is 190 g/mol. The Bertz CT molecular complexity index is 192. The highest BCUT2D eigenvalue weighted by Crippen LogP contribution is 2.26. The molecule has 1 fully saturated rings. The number of nitrogens with one attached hydrogen (secondary N) is 1. The molecule has 1 aliphatic rings. The lowest BCUT2D eigenvalue weighted by Gasteiger charge is -2.27. The van der Waals surface area contributed by atoms with Crippen LogP contribution in [-0.4, -0.2) is 35.5 Å². The van der Waals surface area contributed by atoms with Crippen molar-refractivity contribution < 1.29 is 9.84 Å². The normalized spacial score (nSPS) is 30.8. The second-order valence-electron chi connectivity index (χ2n) is 5.38. The summed E-state index contributed by atoms with van der Waals surface area (Å²) in [7, 11) is 0. The molecule has 0 aromatic rings. The van der Waals surface area contributed by atoms with Crippen LogP contribution >= 0.6 is 0 Å². The summed E-state index contributed by atoms with van der Waals surface area (Å²) in [6.45, 7) is 8.79. The zero-order valence-electron chi connectivity index (χ0n) is 10.4. The predicted molar refractivity (Wildman–Crippen MR) is 61.9 cm³/mol. The van der Waals surface area contributed by atoms with Gasteiger partial charge in [0.2, 0.25) is 0 Å². The van der Waals surface area contributed by atoms with Gasteiger partial charge in [0.1, 0.15) is 0 Å². The van der Waals surface area contributed by atoms with E-state index in [2.05, 4.69) is 26.1 Å². The molecule has 90 valence electrons. The fraction of sp³-hybridized carbons (Fsp3) is 1.00. The van der Waals surface area contributed by atoms with Crippen LogP contribution < -0.4 is 5.32 Å². The van der Waals surface area contributed by atoms with Crippen molar-refractivity contribution in [1.29, 1.82) is 0 Å². The molecule has 0 amide bonds. The Kier molecular flexibility index (Phi) is 4.56. The van der Waals surface area contributed by atoms with Gasteiger partial charge < -0.3 is 15.2 Å². The average molecular weight is 215 g/mol. The van der Waals surface area contributed by atoms with Crippen LogP contribution in [0.5, 0.6) is 0 Å². The Hall–Kier alpha value is -0.120. The van der Waals surface area contributed by atoms with E-state index in [1.807, 2.05) is 6.92 Å². The first-order valence-electron chi connectivity index (χ1n) is 6.00. The number of ether oxygens (including phenoxy) is 1. The van der Waals surface area contributed by atoms with E-state index >= 15 is 0 Å². The molecule has 15 heavy (non-hydrogen) atoms. The molecule has 1 heterocycles. The predicted octanol–water partition coefficient (Wildman–Crippen LogP) is 1.69. The number of aliphatic hydroxyl groups is 1. The zero-order valence-corrected chi connectivity index (χ0v) is 10.4. The van der Waals surface area contributed by atoms with Gasteiger partial charge in [-0.1, -0.05) is 13.8 Å². The topological polar surface area (TPSA) is 41.5 Å². The van der Waals surface area contributed by atoms with E-state index in [-0.39, 0.29) is 6.10 Å². The minimum atomic E-state index is -0.654. The van der Waals surface area contributed by atoms with Crippen molar-refractivity contribution in [3.63, 3.8) is 0 Å². The van der Waals surface area contributed by atoms with Crippen molar-refractivity contribution in [3.8, 4) is 0 Å². The fourth-order valence-corrected chi connectivity index (χ4v) is 2.02. The first-order valence-corrected chi connectivity index (χ1v) is 6.00. The number of rotatable bonds is 5. The third kappa shape index (κ3) is 4.96. The Balaban J connectivity index is 2.28. The molecule has 3 unspecified atom stereocenters. The molecule has 0 bridgehead atoms. The van der Waals surface area contributed by atoms with E-state index < -0.39 is 5.60 Å². The maximum absolute atomic E-state index is 10.2. The van der Waals surface area contributed by atoms with Gasteiger partial charge in [0, 0.05) is 19.0 Å². The van der Waals surface area contributed by atoms with Crippen molar-refractivity contribution in [2.75, 3.05) is 6.54 Å². The van der Waals surface area contributed by atoms with Gasteiger partial charge in [0.05, 0.1) is 17.8 Å². The van der Waals surface area contributed by atoms with E-state index in [0.29, 0.717) is 18.7 Å². The first kappa shape index (κ1) is 12.9. The SMILES string of the molecule is CC(C)NCC(C)(O)CC1CCC(C)O1. The quantitative estimate of drug-likeness (QED) is 0.733. The zero-order chi connectivity index (χ0) is 11.5. The van der Waals surface area contributed by atoms with Crippen LogP contribution in [0.3, 0.4) is 0 Å². The molecule has 0 aliphatic carbocycles. The summed E-state index contributed by atoms with van der Waals surface area (Å²) in [4.78, 5) is 0. The van der Waals surface area contributed by atoms with Crippen molar-refractivity contribution in [1.82, 2.24) is 5.32 Å². The summed E-state index contributed by atoms with van der Waals surface area (Å²) in [5, 5.41) is 13.4. The largest absolute Gasteiger partial charge is 0.389 e. The highest BCUT2D eigenvalue weighted by molar-refractivity contribution is 4.83. The van der Waals surface area contributed by atoms with Crippen molar-refractivity contribution >= 4 is 0 Å². The Morgan fingerprint density at radius 1 is 1.47 bits per heavy atom. The molecule has 3 atom stereocenters. The van der Waals surface area contributed by atoms with Crippen LogP contribution in [0.4, 0.5) is 0 Å². The van der Waals surface area contributed by atoms with E-state index in [1.165, 1.54) is 0 Å². The lowest BCUT2D eigenvalue weighted by atomic mass is 9.96. The first-order chi connectivity index (χ1) is 6.89. The highest BCUT2D eigenvalue weighted by atomic mass is 16.5. The summed E-state index contributed by atoms with van der Waals surface area (Å²) < 4.78 is 5.72. The second-order valence-corrected chi connectivity index (χ2v) is 5.38. The number of hydrogen-bond acceptors (Lipinski definition) is 3. The van der Waals surface area contributed by atoms with Crippen LogP contribution in [0.15, 0.2) is 0 Å². The van der Waals surface area contributed by atoms with Crippen molar-refractivity contribution in [3.05, 3.63) is 0 Å². The molecule has 0 aromatic heterocycles. The molecule has 3 nitrogen and oxygen atoms in total. The third-order valence-corrected chi connectivity index (χ3v) is 2.88. The molecule has 0 spiro atoms. The van der Waals surface area contributed by atoms with Gasteiger partial charge in [0.15, 0.2) is 0 Å². The molecule has 0 radical (unpaired) electrons. The van der Waals surface area contributed by atoms with Gasteiger partial charge in [-0.2, -0.15) is 0 Å². The maximum Gasteiger partial charge on any atom is 0.0768 e. The summed E-state index contributed by atoms with van der Waals surface area (Å²) in [5.74, 6) is 0. The third-order valence-electron chi connectivity index (χ3n) is 2.88. The van der Waals surface area contributed by atoms with Crippen LogP contribution in [0.25, 0.3) is 0 Å². The molecule has 1 saturated heterocycles. The minimum Gasteiger partial charge on any atom is -0.389 e. The molecule has 1 aliphatic heterocycles. The molecule has 0 saturated carbocycles. The molecule has 3 heteroatoms. The van der Waals surface area contributed by atoms with Gasteiger partial charge in [-0.05, 0) is 26.7 Å². The highest BCUT2D eigenvalue weighted by Gasteiger charge is 2.30. The standard InChI is InChI=1S/C12H25NO2/c1-9(2)13-8-12(4,14)7-11-6-5-10(3)15-11/h9-11,13-14H,5-8H2,1-4H3. The Morgan fingerprint density at radius 3 is 2.60 bits per heavy atom.